The van der Waals surface area contributed by atoms with Crippen LogP contribution in [0.5, 0.6) is 0 Å². The van der Waals surface area contributed by atoms with Crippen molar-refractivity contribution in [3.8, 4) is 0 Å². The summed E-state index contributed by atoms with van der Waals surface area (Å²) in [4.78, 5) is 45.6. The predicted molar refractivity (Wildman–Crippen MR) is 74.2 cm³/mol. The average molecular weight is 352 g/mol. The molecule has 4 atom stereocenters. The van der Waals surface area contributed by atoms with Crippen molar-refractivity contribution < 1.29 is 53.5 Å². The molecule has 0 amide bonds. The molecule has 1 N–H and O–H groups in total. The number of hydrogen-bond acceptors (Lipinski definition) is 10. The number of carbonyl (C=O) groups excluding carboxylic acids is 4. The molecule has 1 aliphatic rings. The fourth-order valence-electron chi connectivity index (χ4n) is 2.04. The summed E-state index contributed by atoms with van der Waals surface area (Å²) in [5.74, 6) is -6.74. The van der Waals surface area contributed by atoms with Crippen LogP contribution in [-0.4, -0.2) is 66.3 Å². The van der Waals surface area contributed by atoms with Gasteiger partial charge in [-0.1, -0.05) is 0 Å². The summed E-state index contributed by atoms with van der Waals surface area (Å²) >= 11 is 0. The van der Waals surface area contributed by atoms with Gasteiger partial charge in [0.1, 0.15) is 19.3 Å². The van der Waals surface area contributed by atoms with Crippen molar-refractivity contribution in [2.24, 2.45) is 0 Å². The third-order valence-electron chi connectivity index (χ3n) is 2.84. The number of esters is 4. The Labute approximate surface area is 143 Å². The van der Waals surface area contributed by atoms with Crippen LogP contribution in [0, 0.1) is 0 Å². The van der Waals surface area contributed by atoms with Crippen LogP contribution in [0.2, 0.25) is 0 Å². The first kappa shape index (κ1) is 14.2. The molecule has 0 aromatic rings. The van der Waals surface area contributed by atoms with Gasteiger partial charge in [-0.2, -0.15) is 0 Å². The number of hydrogen-bond donors (Lipinski definition) is 1. The molecule has 0 aliphatic carbocycles. The molecule has 1 heterocycles. The van der Waals surface area contributed by atoms with Gasteiger partial charge in [-0.25, -0.2) is 0 Å². The van der Waals surface area contributed by atoms with Crippen LogP contribution in [0.1, 0.15) is 33.1 Å². The first-order valence-corrected chi connectivity index (χ1v) is 6.48. The molecule has 0 bridgehead atoms. The highest BCUT2D eigenvalue weighted by atomic mass is 16.7. The lowest BCUT2D eigenvalue weighted by molar-refractivity contribution is -0.257. The molecule has 10 nitrogen and oxygen atoms in total. The van der Waals surface area contributed by atoms with E-state index in [1.165, 1.54) is 0 Å². The molecule has 1 unspecified atom stereocenters. The SMILES string of the molecule is [2H]CC(=O)OC[C@H]1OC(O)(COC(=O)C[2H])[C@@H](OC(=O)C[2H])[C@@H]1OC(=O)C[2H]. The van der Waals surface area contributed by atoms with Gasteiger partial charge in [-0.15, -0.1) is 0 Å². The standard InChI is InChI=1S/C14H20O10/c1-7(15)20-5-11-12(22-9(3)17)13(23-10(4)18)14(19,24-11)6-21-8(2)16/h11-13,19H,5-6H2,1-4H3/t11-,12-,13+,14?/m1/s1/i1D,2D,3D,4D. The highest BCUT2D eigenvalue weighted by molar-refractivity contribution is 5.68. The Morgan fingerprint density at radius 3 is 2.21 bits per heavy atom. The first-order valence-electron chi connectivity index (χ1n) is 9.30. The van der Waals surface area contributed by atoms with Crippen LogP contribution in [0.4, 0.5) is 0 Å². The number of rotatable bonds is 6. The van der Waals surface area contributed by atoms with E-state index in [-0.39, 0.29) is 0 Å². The molecule has 0 radical (unpaired) electrons. The van der Waals surface area contributed by atoms with Crippen LogP contribution in [-0.2, 0) is 42.9 Å². The molecule has 1 rings (SSSR count). The van der Waals surface area contributed by atoms with Gasteiger partial charge in [0, 0.05) is 33.1 Å². The molecular formula is C14H20O10. The monoisotopic (exact) mass is 352 g/mol. The fraction of sp³-hybridized carbons (Fsp3) is 0.714. The number of aliphatic hydroxyl groups is 1. The Balaban J connectivity index is 3.12. The molecule has 24 heavy (non-hydrogen) atoms. The normalized spacial score (nSPS) is 31.0. The quantitative estimate of drug-likeness (QED) is 0.471. The second-order valence-electron chi connectivity index (χ2n) is 4.71. The minimum Gasteiger partial charge on any atom is -0.463 e. The van der Waals surface area contributed by atoms with E-state index in [0.29, 0.717) is 0 Å². The van der Waals surface area contributed by atoms with Gasteiger partial charge in [0.2, 0.25) is 5.79 Å². The molecule has 0 aromatic carbocycles. The molecule has 0 spiro atoms. The van der Waals surface area contributed by atoms with Crippen molar-refractivity contribution in [2.45, 2.75) is 51.7 Å². The second-order valence-corrected chi connectivity index (χ2v) is 4.71. The van der Waals surface area contributed by atoms with E-state index in [9.17, 15) is 24.3 Å². The summed E-state index contributed by atoms with van der Waals surface area (Å²) < 4.78 is 52.3. The van der Waals surface area contributed by atoms with Crippen LogP contribution >= 0.6 is 0 Å². The van der Waals surface area contributed by atoms with Crippen molar-refractivity contribution >= 4 is 23.9 Å². The average Bonchev–Trinajstić information content (AvgIpc) is 2.95. The molecule has 1 aliphatic heterocycles. The van der Waals surface area contributed by atoms with Crippen LogP contribution < -0.4 is 0 Å². The third-order valence-corrected chi connectivity index (χ3v) is 2.84. The summed E-state index contributed by atoms with van der Waals surface area (Å²) in [6.07, 6.45) is -4.74. The maximum absolute atomic E-state index is 11.6. The maximum Gasteiger partial charge on any atom is 0.303 e. The van der Waals surface area contributed by atoms with Gasteiger partial charge < -0.3 is 28.8 Å². The van der Waals surface area contributed by atoms with Crippen molar-refractivity contribution in [2.75, 3.05) is 13.2 Å². The zero-order chi connectivity index (χ0) is 21.3. The van der Waals surface area contributed by atoms with Crippen LogP contribution in [0.25, 0.3) is 0 Å². The zero-order valence-corrected chi connectivity index (χ0v) is 12.6. The summed E-state index contributed by atoms with van der Waals surface area (Å²) in [5, 5.41) is 10.7. The Bertz CT molecular complexity index is 588. The zero-order valence-electron chi connectivity index (χ0n) is 16.6. The molecule has 0 aromatic heterocycles. The molecule has 0 saturated carbocycles. The van der Waals surface area contributed by atoms with Gasteiger partial charge in [0.05, 0.1) is 0 Å². The first-order chi connectivity index (χ1) is 13.2. The lowest BCUT2D eigenvalue weighted by Gasteiger charge is -2.28. The minimum atomic E-state index is -2.54. The fourth-order valence-corrected chi connectivity index (χ4v) is 2.04. The lowest BCUT2D eigenvalue weighted by atomic mass is 10.1. The molecule has 136 valence electrons. The number of ether oxygens (including phenoxy) is 5. The Morgan fingerprint density at radius 1 is 1.00 bits per heavy atom. The predicted octanol–water partition coefficient (Wildman–Crippen LogP) is -0.937. The highest BCUT2D eigenvalue weighted by Crippen LogP contribution is 2.34. The van der Waals surface area contributed by atoms with E-state index in [4.69, 9.17) is 24.4 Å². The molecule has 10 heteroatoms. The lowest BCUT2D eigenvalue weighted by Crippen LogP contribution is -2.50. The van der Waals surface area contributed by atoms with Crippen molar-refractivity contribution in [1.82, 2.24) is 0 Å². The van der Waals surface area contributed by atoms with Crippen molar-refractivity contribution in [1.29, 1.82) is 0 Å². The van der Waals surface area contributed by atoms with Gasteiger partial charge in [-0.3, -0.25) is 19.2 Å². The Morgan fingerprint density at radius 2 is 1.58 bits per heavy atom. The minimum absolute atomic E-state index is 0.614. The van der Waals surface area contributed by atoms with E-state index in [1.807, 2.05) is 0 Å². The largest absolute Gasteiger partial charge is 0.463 e. The maximum atomic E-state index is 11.6. The second kappa shape index (κ2) is 8.06. The van der Waals surface area contributed by atoms with Gasteiger partial charge >= 0.3 is 23.9 Å². The highest BCUT2D eigenvalue weighted by Gasteiger charge is 2.59. The van der Waals surface area contributed by atoms with Crippen LogP contribution in [0.15, 0.2) is 0 Å². The number of carbonyl (C=O) groups is 4. The topological polar surface area (TPSA) is 135 Å². The third kappa shape index (κ3) is 5.46. The Kier molecular flexibility index (Phi) is 4.76. The summed E-state index contributed by atoms with van der Waals surface area (Å²) in [6.45, 7) is -4.69. The molecular weight excluding hydrogens is 328 g/mol. The summed E-state index contributed by atoms with van der Waals surface area (Å²) in [7, 11) is 0. The van der Waals surface area contributed by atoms with Crippen LogP contribution in [0.3, 0.4) is 0 Å². The van der Waals surface area contributed by atoms with Crippen molar-refractivity contribution in [3.63, 3.8) is 0 Å². The molecule has 1 saturated heterocycles. The Hall–Kier alpha value is -2.20. The van der Waals surface area contributed by atoms with E-state index in [2.05, 4.69) is 4.74 Å². The van der Waals surface area contributed by atoms with E-state index >= 15 is 0 Å². The van der Waals surface area contributed by atoms with Crippen molar-refractivity contribution in [3.05, 3.63) is 0 Å². The van der Waals surface area contributed by atoms with E-state index in [1.54, 1.807) is 0 Å². The van der Waals surface area contributed by atoms with E-state index < -0.39 is 88.8 Å². The van der Waals surface area contributed by atoms with Gasteiger partial charge in [-0.05, 0) is 0 Å². The molecule has 1 fully saturated rings. The summed E-state index contributed by atoms with van der Waals surface area (Å²) in [6, 6.07) is 0. The van der Waals surface area contributed by atoms with Gasteiger partial charge in [0.25, 0.3) is 0 Å². The summed E-state index contributed by atoms with van der Waals surface area (Å²) in [5.41, 5.74) is 0. The van der Waals surface area contributed by atoms with E-state index in [0.717, 1.165) is 0 Å². The van der Waals surface area contributed by atoms with Gasteiger partial charge in [0.15, 0.2) is 12.2 Å². The smallest absolute Gasteiger partial charge is 0.303 e.